The minimum absolute atomic E-state index is 0.0661. The number of piperidine rings is 1. The van der Waals surface area contributed by atoms with Crippen LogP contribution >= 0.6 is 11.3 Å². The Hall–Kier alpha value is -3.26. The summed E-state index contributed by atoms with van der Waals surface area (Å²) in [5.74, 6) is 1.03. The average Bonchev–Trinajstić information content (AvgIpc) is 3.43. The topological polar surface area (TPSA) is 95.2 Å². The maximum atomic E-state index is 12.9. The third kappa shape index (κ3) is 4.23. The lowest BCUT2D eigenvalue weighted by atomic mass is 9.92. The van der Waals surface area contributed by atoms with E-state index >= 15 is 0 Å². The number of carbonyl (C=O) groups is 2. The van der Waals surface area contributed by atoms with Crippen molar-refractivity contribution in [1.29, 1.82) is 0 Å². The Morgan fingerprint density at radius 1 is 1.16 bits per heavy atom. The molecule has 1 aromatic carbocycles. The van der Waals surface area contributed by atoms with Crippen LogP contribution in [0, 0.1) is 5.92 Å². The molecule has 1 saturated heterocycles. The van der Waals surface area contributed by atoms with Gasteiger partial charge in [-0.2, -0.15) is 11.3 Å². The van der Waals surface area contributed by atoms with Crippen LogP contribution in [0.4, 0.5) is 0 Å². The van der Waals surface area contributed by atoms with Crippen LogP contribution in [0.2, 0.25) is 0 Å². The molecule has 32 heavy (non-hydrogen) atoms. The van der Waals surface area contributed by atoms with E-state index in [1.807, 2.05) is 39.9 Å². The molecule has 2 aliphatic heterocycles. The molecule has 3 aromatic rings. The zero-order valence-electron chi connectivity index (χ0n) is 17.5. The summed E-state index contributed by atoms with van der Waals surface area (Å²) >= 11 is 1.58. The highest BCUT2D eigenvalue weighted by atomic mass is 32.1. The molecule has 1 atom stereocenters. The molecule has 164 valence electrons. The summed E-state index contributed by atoms with van der Waals surface area (Å²) in [5, 5.41) is 6.88. The van der Waals surface area contributed by atoms with Crippen molar-refractivity contribution < 1.29 is 9.59 Å². The van der Waals surface area contributed by atoms with Crippen LogP contribution < -0.4 is 10.9 Å². The van der Waals surface area contributed by atoms with E-state index in [4.69, 9.17) is 0 Å². The molecular weight excluding hydrogens is 424 g/mol. The van der Waals surface area contributed by atoms with Crippen LogP contribution in [0.5, 0.6) is 0 Å². The Balaban J connectivity index is 1.18. The van der Waals surface area contributed by atoms with Crippen molar-refractivity contribution in [3.05, 3.63) is 74.5 Å². The second-order valence-electron chi connectivity index (χ2n) is 8.44. The van der Waals surface area contributed by atoms with Gasteiger partial charge in [0.2, 0.25) is 5.91 Å². The number of likely N-dealkylation sites (tertiary alicyclic amines) is 1. The fourth-order valence-corrected chi connectivity index (χ4v) is 5.26. The summed E-state index contributed by atoms with van der Waals surface area (Å²) in [7, 11) is 0. The standard InChI is InChI=1S/C24H24N4O3S/c29-22-12-19(16-7-10-32-14-16)25-21(27-22)11-15-5-8-28(9-6-15)23(30)13-20-17-3-1-2-4-18(17)24(31)26-20/h1-4,7,10,12,14-15,20H,5-6,8-9,11,13H2,(H,26,31)(H,25,27,29)/t20-/m1/s1. The van der Waals surface area contributed by atoms with Crippen LogP contribution in [-0.2, 0) is 11.2 Å². The van der Waals surface area contributed by atoms with Gasteiger partial charge < -0.3 is 15.2 Å². The van der Waals surface area contributed by atoms with Gasteiger partial charge in [-0.05, 0) is 41.8 Å². The zero-order valence-corrected chi connectivity index (χ0v) is 18.4. The lowest BCUT2D eigenvalue weighted by molar-refractivity contribution is -0.133. The highest BCUT2D eigenvalue weighted by molar-refractivity contribution is 7.08. The second-order valence-corrected chi connectivity index (χ2v) is 9.22. The van der Waals surface area contributed by atoms with Gasteiger partial charge in [0.15, 0.2) is 0 Å². The molecule has 0 bridgehead atoms. The first-order valence-electron chi connectivity index (χ1n) is 10.9. The van der Waals surface area contributed by atoms with Crippen molar-refractivity contribution in [2.75, 3.05) is 13.1 Å². The van der Waals surface area contributed by atoms with Gasteiger partial charge in [0.25, 0.3) is 11.5 Å². The van der Waals surface area contributed by atoms with Gasteiger partial charge in [-0.25, -0.2) is 4.98 Å². The number of hydrogen-bond donors (Lipinski definition) is 2. The van der Waals surface area contributed by atoms with E-state index in [0.29, 0.717) is 42.5 Å². The number of hydrogen-bond acceptors (Lipinski definition) is 5. The smallest absolute Gasteiger partial charge is 0.252 e. The van der Waals surface area contributed by atoms with E-state index in [1.54, 1.807) is 17.4 Å². The normalized spacial score (nSPS) is 18.4. The first kappa shape index (κ1) is 20.6. The Morgan fingerprint density at radius 2 is 1.97 bits per heavy atom. The number of thiophene rings is 1. The average molecular weight is 449 g/mol. The summed E-state index contributed by atoms with van der Waals surface area (Å²) in [5.41, 5.74) is 3.10. The van der Waals surface area contributed by atoms with Crippen LogP contribution in [0.15, 0.2) is 52.0 Å². The molecule has 8 heteroatoms. The number of rotatable bonds is 5. The Kier molecular flexibility index (Phi) is 5.61. The molecule has 0 saturated carbocycles. The largest absolute Gasteiger partial charge is 0.345 e. The van der Waals surface area contributed by atoms with Gasteiger partial charge in [-0.3, -0.25) is 14.4 Å². The van der Waals surface area contributed by atoms with Crippen molar-refractivity contribution in [2.24, 2.45) is 5.92 Å². The van der Waals surface area contributed by atoms with Gasteiger partial charge in [-0.1, -0.05) is 18.2 Å². The quantitative estimate of drug-likeness (QED) is 0.627. The van der Waals surface area contributed by atoms with Crippen molar-refractivity contribution >= 4 is 23.2 Å². The monoisotopic (exact) mass is 448 g/mol. The molecule has 0 aliphatic carbocycles. The summed E-state index contributed by atoms with van der Waals surface area (Å²) in [6, 6.07) is 10.7. The number of amides is 2. The van der Waals surface area contributed by atoms with E-state index in [9.17, 15) is 14.4 Å². The van der Waals surface area contributed by atoms with Gasteiger partial charge in [0, 0.05) is 42.1 Å². The third-order valence-corrected chi connectivity index (χ3v) is 7.01. The molecule has 2 aliphatic rings. The number of aromatic nitrogens is 2. The molecular formula is C24H24N4O3S. The summed E-state index contributed by atoms with van der Waals surface area (Å²) < 4.78 is 0. The first-order valence-corrected chi connectivity index (χ1v) is 11.8. The highest BCUT2D eigenvalue weighted by Gasteiger charge is 2.32. The fourth-order valence-electron chi connectivity index (χ4n) is 4.61. The van der Waals surface area contributed by atoms with E-state index in [1.165, 1.54) is 6.07 Å². The molecule has 1 fully saturated rings. The number of nitrogens with zero attached hydrogens (tertiary/aromatic N) is 2. The second kappa shape index (κ2) is 8.70. The molecule has 5 rings (SSSR count). The van der Waals surface area contributed by atoms with Crippen molar-refractivity contribution in [1.82, 2.24) is 20.2 Å². The minimum Gasteiger partial charge on any atom is -0.345 e. The Bertz CT molecular complexity index is 1200. The van der Waals surface area contributed by atoms with E-state index in [-0.39, 0.29) is 29.8 Å². The molecule has 4 heterocycles. The number of carbonyl (C=O) groups excluding carboxylic acids is 2. The van der Waals surface area contributed by atoms with Gasteiger partial charge in [-0.15, -0.1) is 0 Å². The van der Waals surface area contributed by atoms with E-state index in [2.05, 4.69) is 15.3 Å². The van der Waals surface area contributed by atoms with Crippen molar-refractivity contribution in [3.63, 3.8) is 0 Å². The lowest BCUT2D eigenvalue weighted by Gasteiger charge is -2.32. The van der Waals surface area contributed by atoms with Crippen LogP contribution in [0.3, 0.4) is 0 Å². The Morgan fingerprint density at radius 3 is 2.75 bits per heavy atom. The molecule has 0 spiro atoms. The number of fused-ring (bicyclic) bond motifs is 1. The van der Waals surface area contributed by atoms with Gasteiger partial charge in [0.1, 0.15) is 5.82 Å². The first-order chi connectivity index (χ1) is 15.6. The number of H-pyrrole nitrogens is 1. The minimum atomic E-state index is -0.252. The van der Waals surface area contributed by atoms with Crippen molar-refractivity contribution in [2.45, 2.75) is 31.7 Å². The molecule has 7 nitrogen and oxygen atoms in total. The van der Waals surface area contributed by atoms with Crippen LogP contribution in [-0.4, -0.2) is 39.8 Å². The summed E-state index contributed by atoms with van der Waals surface area (Å²) in [6.07, 6.45) is 2.71. The zero-order chi connectivity index (χ0) is 22.1. The fraction of sp³-hybridized carbons (Fsp3) is 0.333. The van der Waals surface area contributed by atoms with Crippen LogP contribution in [0.25, 0.3) is 11.3 Å². The SMILES string of the molecule is O=C1N[C@H](CC(=O)N2CCC(Cc3nc(-c4ccsc4)cc(=O)[nH]3)CC2)c2ccccc21. The van der Waals surface area contributed by atoms with Gasteiger partial charge in [0.05, 0.1) is 18.2 Å². The molecule has 2 aromatic heterocycles. The molecule has 2 amide bonds. The predicted octanol–water partition coefficient (Wildman–Crippen LogP) is 3.15. The van der Waals surface area contributed by atoms with Crippen molar-refractivity contribution in [3.8, 4) is 11.3 Å². The van der Waals surface area contributed by atoms with E-state index < -0.39 is 0 Å². The maximum absolute atomic E-state index is 12.9. The number of benzene rings is 1. The molecule has 2 N–H and O–H groups in total. The third-order valence-electron chi connectivity index (χ3n) is 6.32. The lowest BCUT2D eigenvalue weighted by Crippen LogP contribution is -2.40. The Labute approximate surface area is 189 Å². The summed E-state index contributed by atoms with van der Waals surface area (Å²) in [4.78, 5) is 46.5. The number of aromatic amines is 1. The maximum Gasteiger partial charge on any atom is 0.252 e. The predicted molar refractivity (Wildman–Crippen MR) is 122 cm³/mol. The number of nitrogens with one attached hydrogen (secondary N) is 2. The molecule has 0 unspecified atom stereocenters. The molecule has 0 radical (unpaired) electrons. The summed E-state index contributed by atoms with van der Waals surface area (Å²) in [6.45, 7) is 1.36. The highest BCUT2D eigenvalue weighted by Crippen LogP contribution is 2.29. The van der Waals surface area contributed by atoms with E-state index in [0.717, 1.165) is 24.0 Å². The van der Waals surface area contributed by atoms with Crippen LogP contribution in [0.1, 0.15) is 47.1 Å². The van der Waals surface area contributed by atoms with Gasteiger partial charge >= 0.3 is 0 Å².